The molecule has 0 saturated heterocycles. The molecular weight excluding hydrogens is 394 g/mol. The van der Waals surface area contributed by atoms with Crippen molar-refractivity contribution in [1.29, 1.82) is 0 Å². The number of rotatable bonds is 5. The number of nitrogens with zero attached hydrogens (tertiary/aromatic N) is 2. The molecule has 0 aliphatic heterocycles. The van der Waals surface area contributed by atoms with Gasteiger partial charge in [-0.15, -0.1) is 0 Å². The van der Waals surface area contributed by atoms with E-state index in [1.165, 1.54) is 30.2 Å². The van der Waals surface area contributed by atoms with E-state index in [1.54, 1.807) is 10.6 Å². The smallest absolute Gasteiger partial charge is 0.266 e. The Morgan fingerprint density at radius 3 is 2.60 bits per heavy atom. The minimum atomic E-state index is -0.351. The van der Waals surface area contributed by atoms with Gasteiger partial charge in [0.15, 0.2) is 5.16 Å². The lowest BCUT2D eigenvalue weighted by Crippen LogP contribution is -2.38. The monoisotopic (exact) mass is 421 g/mol. The van der Waals surface area contributed by atoms with Gasteiger partial charge >= 0.3 is 0 Å². The highest BCUT2D eigenvalue weighted by Crippen LogP contribution is 2.27. The molecule has 1 fully saturated rings. The molecule has 5 nitrogen and oxygen atoms in total. The average Bonchev–Trinajstić information content (AvgIpc) is 3.23. The molecule has 1 unspecified atom stereocenters. The molecule has 0 spiro atoms. The minimum Gasteiger partial charge on any atom is -0.352 e. The molecule has 1 N–H and O–H groups in total. The van der Waals surface area contributed by atoms with E-state index in [1.807, 2.05) is 57.2 Å². The number of para-hydroxylation sites is 1. The largest absolute Gasteiger partial charge is 0.352 e. The molecule has 4 rings (SSSR count). The lowest BCUT2D eigenvalue weighted by Gasteiger charge is -2.19. The van der Waals surface area contributed by atoms with E-state index in [2.05, 4.69) is 5.32 Å². The quantitative estimate of drug-likeness (QED) is 0.485. The molecule has 1 atom stereocenters. The summed E-state index contributed by atoms with van der Waals surface area (Å²) >= 11 is 1.34. The molecule has 1 amide bonds. The van der Waals surface area contributed by atoms with Gasteiger partial charge in [-0.05, 0) is 69.0 Å². The molecule has 0 bridgehead atoms. The summed E-state index contributed by atoms with van der Waals surface area (Å²) in [5, 5.41) is 3.91. The third kappa shape index (κ3) is 4.15. The molecule has 30 heavy (non-hydrogen) atoms. The molecule has 3 aromatic rings. The van der Waals surface area contributed by atoms with Gasteiger partial charge in [-0.25, -0.2) is 4.98 Å². The number of aryl methyl sites for hydroxylation is 2. The van der Waals surface area contributed by atoms with Crippen LogP contribution in [-0.4, -0.2) is 26.8 Å². The van der Waals surface area contributed by atoms with Crippen molar-refractivity contribution >= 4 is 28.6 Å². The maximum atomic E-state index is 13.4. The predicted molar refractivity (Wildman–Crippen MR) is 123 cm³/mol. The Morgan fingerprint density at radius 2 is 1.87 bits per heavy atom. The lowest BCUT2D eigenvalue weighted by molar-refractivity contribution is -0.120. The molecule has 1 aliphatic rings. The number of benzene rings is 2. The Bertz CT molecular complexity index is 1150. The van der Waals surface area contributed by atoms with Crippen molar-refractivity contribution in [3.05, 3.63) is 63.9 Å². The summed E-state index contributed by atoms with van der Waals surface area (Å²) in [5.41, 5.74) is 3.57. The average molecular weight is 422 g/mol. The second-order valence-electron chi connectivity index (χ2n) is 8.07. The fourth-order valence-electron chi connectivity index (χ4n) is 3.88. The fraction of sp³-hybridized carbons (Fsp3) is 0.375. The third-order valence-corrected chi connectivity index (χ3v) is 6.90. The van der Waals surface area contributed by atoms with Crippen LogP contribution in [-0.2, 0) is 4.79 Å². The number of hydrogen-bond donors (Lipinski definition) is 1. The molecule has 2 aromatic carbocycles. The summed E-state index contributed by atoms with van der Waals surface area (Å²) in [6.45, 7) is 5.95. The van der Waals surface area contributed by atoms with E-state index in [0.29, 0.717) is 16.1 Å². The van der Waals surface area contributed by atoms with Crippen molar-refractivity contribution in [2.75, 3.05) is 0 Å². The second kappa shape index (κ2) is 8.64. The summed E-state index contributed by atoms with van der Waals surface area (Å²) in [5.74, 6) is 0.000874. The Labute approximate surface area is 180 Å². The Morgan fingerprint density at radius 1 is 1.13 bits per heavy atom. The number of fused-ring (bicyclic) bond motifs is 1. The van der Waals surface area contributed by atoms with Crippen LogP contribution in [0.4, 0.5) is 0 Å². The molecule has 156 valence electrons. The highest BCUT2D eigenvalue weighted by atomic mass is 32.2. The first-order chi connectivity index (χ1) is 14.4. The van der Waals surface area contributed by atoms with Crippen LogP contribution in [0, 0.1) is 13.8 Å². The first-order valence-corrected chi connectivity index (χ1v) is 11.4. The number of hydrogen-bond acceptors (Lipinski definition) is 4. The summed E-state index contributed by atoms with van der Waals surface area (Å²) in [6, 6.07) is 13.6. The minimum absolute atomic E-state index is 0.000874. The van der Waals surface area contributed by atoms with Gasteiger partial charge in [0.25, 0.3) is 5.56 Å². The van der Waals surface area contributed by atoms with Gasteiger partial charge in [0.1, 0.15) is 0 Å². The molecule has 6 heteroatoms. The maximum absolute atomic E-state index is 13.4. The Balaban J connectivity index is 1.74. The number of carbonyl (C=O) groups excluding carboxylic acids is 1. The number of aromatic nitrogens is 2. The second-order valence-corrected chi connectivity index (χ2v) is 9.38. The van der Waals surface area contributed by atoms with Crippen molar-refractivity contribution in [3.63, 3.8) is 0 Å². The highest BCUT2D eigenvalue weighted by molar-refractivity contribution is 8.00. The normalized spacial score (nSPS) is 15.4. The van der Waals surface area contributed by atoms with Crippen LogP contribution in [0.25, 0.3) is 16.6 Å². The van der Waals surface area contributed by atoms with E-state index in [9.17, 15) is 9.59 Å². The van der Waals surface area contributed by atoms with Gasteiger partial charge in [0, 0.05) is 6.04 Å². The number of thioether (sulfide) groups is 1. The van der Waals surface area contributed by atoms with E-state index >= 15 is 0 Å². The van der Waals surface area contributed by atoms with Crippen LogP contribution >= 0.6 is 11.8 Å². The van der Waals surface area contributed by atoms with Crippen LogP contribution in [0.1, 0.15) is 43.7 Å². The topological polar surface area (TPSA) is 64.0 Å². The molecule has 1 aromatic heterocycles. The third-order valence-electron chi connectivity index (χ3n) is 5.85. The lowest BCUT2D eigenvalue weighted by atomic mass is 10.1. The van der Waals surface area contributed by atoms with Crippen LogP contribution in [0.5, 0.6) is 0 Å². The van der Waals surface area contributed by atoms with Crippen molar-refractivity contribution < 1.29 is 4.79 Å². The summed E-state index contributed by atoms with van der Waals surface area (Å²) < 4.78 is 1.64. The van der Waals surface area contributed by atoms with Crippen LogP contribution in [0.2, 0.25) is 0 Å². The van der Waals surface area contributed by atoms with Crippen LogP contribution in [0.3, 0.4) is 0 Å². The summed E-state index contributed by atoms with van der Waals surface area (Å²) in [4.78, 5) is 30.9. The van der Waals surface area contributed by atoms with Crippen LogP contribution in [0.15, 0.2) is 52.4 Å². The van der Waals surface area contributed by atoms with Crippen molar-refractivity contribution in [3.8, 4) is 5.69 Å². The molecular formula is C24H27N3O2S. The van der Waals surface area contributed by atoms with Crippen molar-refractivity contribution in [2.24, 2.45) is 0 Å². The Hall–Kier alpha value is -2.60. The molecule has 1 aliphatic carbocycles. The van der Waals surface area contributed by atoms with Gasteiger partial charge in [-0.2, -0.15) is 0 Å². The summed E-state index contributed by atoms with van der Waals surface area (Å²) in [7, 11) is 0. The van der Waals surface area contributed by atoms with E-state index in [0.717, 1.165) is 24.1 Å². The van der Waals surface area contributed by atoms with E-state index in [-0.39, 0.29) is 22.8 Å². The van der Waals surface area contributed by atoms with E-state index < -0.39 is 0 Å². The van der Waals surface area contributed by atoms with Crippen molar-refractivity contribution in [2.45, 2.75) is 62.9 Å². The van der Waals surface area contributed by atoms with Gasteiger partial charge in [-0.1, -0.05) is 42.8 Å². The summed E-state index contributed by atoms with van der Waals surface area (Å²) in [6.07, 6.45) is 4.44. The van der Waals surface area contributed by atoms with Gasteiger partial charge in [-0.3, -0.25) is 14.2 Å². The molecule has 1 saturated carbocycles. The first kappa shape index (κ1) is 20.7. The fourth-order valence-corrected chi connectivity index (χ4v) is 4.82. The molecule has 1 heterocycles. The zero-order valence-corrected chi connectivity index (χ0v) is 18.5. The van der Waals surface area contributed by atoms with E-state index in [4.69, 9.17) is 4.98 Å². The molecule has 0 radical (unpaired) electrons. The van der Waals surface area contributed by atoms with Gasteiger partial charge in [0.05, 0.1) is 21.8 Å². The number of amides is 1. The number of carbonyl (C=O) groups is 1. The SMILES string of the molecule is Cc1ccc(-n2c(SC(C)C(=O)NC3CCCC3)nc3ccccc3c2=O)cc1C. The highest BCUT2D eigenvalue weighted by Gasteiger charge is 2.24. The zero-order chi connectivity index (χ0) is 21.3. The zero-order valence-electron chi connectivity index (χ0n) is 17.6. The van der Waals surface area contributed by atoms with Gasteiger partial charge in [0.2, 0.25) is 5.91 Å². The number of nitrogens with one attached hydrogen (secondary N) is 1. The van der Waals surface area contributed by atoms with Crippen molar-refractivity contribution in [1.82, 2.24) is 14.9 Å². The predicted octanol–water partition coefficient (Wildman–Crippen LogP) is 4.54. The standard InChI is InChI=1S/C24H27N3O2S/c1-15-12-13-19(14-16(15)2)27-23(29)20-10-6-7-11-21(20)26-24(27)30-17(3)22(28)25-18-8-4-5-9-18/h6-7,10-14,17-18H,4-5,8-9H2,1-3H3,(H,25,28). The van der Waals surface area contributed by atoms with Gasteiger partial charge < -0.3 is 5.32 Å². The maximum Gasteiger partial charge on any atom is 0.266 e. The Kier molecular flexibility index (Phi) is 5.95. The van der Waals surface area contributed by atoms with Crippen LogP contribution < -0.4 is 10.9 Å². The first-order valence-electron chi connectivity index (χ1n) is 10.5.